The largest absolute Gasteiger partial charge is 0.486 e. The topological polar surface area (TPSA) is 35.5 Å². The van der Waals surface area contributed by atoms with Crippen LogP contribution in [0.2, 0.25) is 0 Å². The average Bonchev–Trinajstić information content (AvgIpc) is 2.30. The lowest BCUT2D eigenvalue weighted by molar-refractivity contribution is -0.107. The molecule has 0 N–H and O–H groups in total. The molecule has 1 aliphatic heterocycles. The summed E-state index contributed by atoms with van der Waals surface area (Å²) in [5.41, 5.74) is 0.953. The zero-order valence-corrected chi connectivity index (χ0v) is 8.31. The van der Waals surface area contributed by atoms with Crippen LogP contribution in [0.25, 0.3) is 6.08 Å². The number of hydrogen-bond donors (Lipinski definition) is 0. The molecule has 0 saturated heterocycles. The van der Waals surface area contributed by atoms with Crippen molar-refractivity contribution < 1.29 is 14.3 Å². The van der Waals surface area contributed by atoms with Crippen molar-refractivity contribution in [1.29, 1.82) is 0 Å². The van der Waals surface area contributed by atoms with Gasteiger partial charge in [0.05, 0.1) is 0 Å². The Hall–Kier alpha value is -1.77. The summed E-state index contributed by atoms with van der Waals surface area (Å²) in [5, 5.41) is 0. The molecule has 0 fully saturated rings. The lowest BCUT2D eigenvalue weighted by Crippen LogP contribution is -2.15. The molecular weight excluding hydrogens is 192 g/mol. The van der Waals surface area contributed by atoms with Gasteiger partial charge in [-0.05, 0) is 6.07 Å². The zero-order valence-electron chi connectivity index (χ0n) is 8.31. The fourth-order valence-electron chi connectivity index (χ4n) is 1.48. The van der Waals surface area contributed by atoms with Crippen molar-refractivity contribution in [2.24, 2.45) is 0 Å². The van der Waals surface area contributed by atoms with Gasteiger partial charge in [-0.2, -0.15) is 0 Å². The molecule has 0 spiro atoms. The Bertz CT molecular complexity index is 382. The molecule has 0 bridgehead atoms. The third kappa shape index (κ3) is 2.18. The second-order valence-electron chi connectivity index (χ2n) is 3.18. The number of ether oxygens (including phenoxy) is 2. The second-order valence-corrected chi connectivity index (χ2v) is 3.18. The number of benzene rings is 1. The third-order valence-corrected chi connectivity index (χ3v) is 2.13. The highest BCUT2D eigenvalue weighted by atomic mass is 16.6. The Kier molecular flexibility index (Phi) is 3.02. The highest BCUT2D eigenvalue weighted by Gasteiger charge is 2.13. The number of aldehydes is 1. The maximum atomic E-state index is 10.2. The molecule has 0 radical (unpaired) electrons. The molecule has 1 aromatic rings. The van der Waals surface area contributed by atoms with E-state index in [2.05, 4.69) is 0 Å². The molecule has 1 aromatic carbocycles. The Morgan fingerprint density at radius 1 is 1.27 bits per heavy atom. The molecule has 15 heavy (non-hydrogen) atoms. The number of para-hydroxylation sites is 1. The van der Waals surface area contributed by atoms with Crippen LogP contribution in [0.4, 0.5) is 0 Å². The zero-order chi connectivity index (χ0) is 10.5. The molecule has 0 unspecified atom stereocenters. The van der Waals surface area contributed by atoms with Crippen LogP contribution < -0.4 is 9.47 Å². The van der Waals surface area contributed by atoms with Crippen LogP contribution in [0, 0.1) is 0 Å². The van der Waals surface area contributed by atoms with Crippen LogP contribution in [0.1, 0.15) is 12.0 Å². The Labute approximate surface area is 88.3 Å². The molecule has 3 nitrogen and oxygen atoms in total. The first kappa shape index (κ1) is 9.77. The van der Waals surface area contributed by atoms with Crippen molar-refractivity contribution in [3.05, 3.63) is 29.8 Å². The summed E-state index contributed by atoms with van der Waals surface area (Å²) < 4.78 is 11.0. The molecule has 1 aliphatic rings. The van der Waals surface area contributed by atoms with Crippen LogP contribution in [-0.4, -0.2) is 19.5 Å². The third-order valence-electron chi connectivity index (χ3n) is 2.13. The molecular formula is C12H12O3. The van der Waals surface area contributed by atoms with Gasteiger partial charge >= 0.3 is 0 Å². The Morgan fingerprint density at radius 3 is 3.00 bits per heavy atom. The fraction of sp³-hybridized carbons (Fsp3) is 0.250. The van der Waals surface area contributed by atoms with Gasteiger partial charge in [-0.25, -0.2) is 0 Å². The summed E-state index contributed by atoms with van der Waals surface area (Å²) in [5.74, 6) is 1.54. The quantitative estimate of drug-likeness (QED) is 0.707. The van der Waals surface area contributed by atoms with Gasteiger partial charge in [0.1, 0.15) is 19.5 Å². The van der Waals surface area contributed by atoms with Gasteiger partial charge in [-0.3, -0.25) is 0 Å². The van der Waals surface area contributed by atoms with Gasteiger partial charge < -0.3 is 14.3 Å². The highest BCUT2D eigenvalue weighted by molar-refractivity contribution is 5.65. The lowest BCUT2D eigenvalue weighted by atomic mass is 10.1. The van der Waals surface area contributed by atoms with Gasteiger partial charge in [0.2, 0.25) is 0 Å². The van der Waals surface area contributed by atoms with Crippen LogP contribution in [0.3, 0.4) is 0 Å². The standard InChI is InChI=1S/C12H12O3/c13-7-2-1-4-10-5-3-6-11-12(10)15-9-8-14-11/h1,3-7H,2,8-9H2/b4-1+. The summed E-state index contributed by atoms with van der Waals surface area (Å²) in [6.07, 6.45) is 4.97. The molecule has 0 saturated carbocycles. The number of hydrogen-bond acceptors (Lipinski definition) is 3. The number of carbonyl (C=O) groups excluding carboxylic acids is 1. The van der Waals surface area contributed by atoms with Crippen molar-refractivity contribution in [1.82, 2.24) is 0 Å². The van der Waals surface area contributed by atoms with E-state index in [0.29, 0.717) is 19.6 Å². The molecule has 0 aliphatic carbocycles. The molecule has 2 rings (SSSR count). The number of fused-ring (bicyclic) bond motifs is 1. The monoisotopic (exact) mass is 204 g/mol. The molecule has 0 aromatic heterocycles. The Balaban J connectivity index is 2.26. The average molecular weight is 204 g/mol. The number of allylic oxidation sites excluding steroid dienone is 1. The molecule has 1 heterocycles. The van der Waals surface area contributed by atoms with Crippen molar-refractivity contribution >= 4 is 12.4 Å². The van der Waals surface area contributed by atoms with Gasteiger partial charge in [0, 0.05) is 12.0 Å². The summed E-state index contributed by atoms with van der Waals surface area (Å²) in [6.45, 7) is 1.17. The number of carbonyl (C=O) groups is 1. The first-order valence-corrected chi connectivity index (χ1v) is 4.90. The van der Waals surface area contributed by atoms with E-state index in [1.54, 1.807) is 6.08 Å². The van der Waals surface area contributed by atoms with E-state index >= 15 is 0 Å². The van der Waals surface area contributed by atoms with Crippen molar-refractivity contribution in [2.75, 3.05) is 13.2 Å². The smallest absolute Gasteiger partial charge is 0.168 e. The summed E-state index contributed by atoms with van der Waals surface area (Å²) >= 11 is 0. The van der Waals surface area contributed by atoms with E-state index in [1.807, 2.05) is 24.3 Å². The predicted molar refractivity (Wildman–Crippen MR) is 57.1 cm³/mol. The number of rotatable bonds is 3. The summed E-state index contributed by atoms with van der Waals surface area (Å²) in [4.78, 5) is 10.2. The molecule has 78 valence electrons. The minimum absolute atomic E-state index is 0.421. The second kappa shape index (κ2) is 4.64. The molecule has 3 heteroatoms. The minimum atomic E-state index is 0.421. The highest BCUT2D eigenvalue weighted by Crippen LogP contribution is 2.34. The van der Waals surface area contributed by atoms with Crippen LogP contribution in [0.15, 0.2) is 24.3 Å². The van der Waals surface area contributed by atoms with Crippen molar-refractivity contribution in [2.45, 2.75) is 6.42 Å². The lowest BCUT2D eigenvalue weighted by Gasteiger charge is -2.19. The Morgan fingerprint density at radius 2 is 2.13 bits per heavy atom. The van der Waals surface area contributed by atoms with Gasteiger partial charge in [0.25, 0.3) is 0 Å². The molecule has 0 atom stereocenters. The van der Waals surface area contributed by atoms with E-state index in [4.69, 9.17) is 9.47 Å². The van der Waals surface area contributed by atoms with Gasteiger partial charge in [0.15, 0.2) is 11.5 Å². The van der Waals surface area contributed by atoms with Crippen LogP contribution in [-0.2, 0) is 4.79 Å². The van der Waals surface area contributed by atoms with Gasteiger partial charge in [-0.15, -0.1) is 0 Å². The molecule has 0 amide bonds. The summed E-state index contributed by atoms with van der Waals surface area (Å²) in [6, 6.07) is 5.73. The van der Waals surface area contributed by atoms with Crippen LogP contribution >= 0.6 is 0 Å². The van der Waals surface area contributed by atoms with Crippen molar-refractivity contribution in [3.63, 3.8) is 0 Å². The SMILES string of the molecule is O=CC/C=C/c1cccc2c1OCCO2. The van der Waals surface area contributed by atoms with E-state index in [0.717, 1.165) is 23.3 Å². The normalized spacial score (nSPS) is 14.1. The maximum Gasteiger partial charge on any atom is 0.168 e. The van der Waals surface area contributed by atoms with E-state index in [1.165, 1.54) is 0 Å². The van der Waals surface area contributed by atoms with Gasteiger partial charge in [-0.1, -0.05) is 24.3 Å². The van der Waals surface area contributed by atoms with Crippen LogP contribution in [0.5, 0.6) is 11.5 Å². The minimum Gasteiger partial charge on any atom is -0.486 e. The van der Waals surface area contributed by atoms with E-state index < -0.39 is 0 Å². The van der Waals surface area contributed by atoms with Crippen molar-refractivity contribution in [3.8, 4) is 11.5 Å². The predicted octanol–water partition coefficient (Wildman–Crippen LogP) is 2.06. The maximum absolute atomic E-state index is 10.2. The fourth-order valence-corrected chi connectivity index (χ4v) is 1.48. The first-order valence-electron chi connectivity index (χ1n) is 4.90. The summed E-state index contributed by atoms with van der Waals surface area (Å²) in [7, 11) is 0. The first-order chi connectivity index (χ1) is 7.42. The van der Waals surface area contributed by atoms with E-state index in [-0.39, 0.29) is 0 Å². The van der Waals surface area contributed by atoms with E-state index in [9.17, 15) is 4.79 Å².